The molecule has 2 atom stereocenters. The minimum absolute atomic E-state index is 0.144. The minimum Gasteiger partial charge on any atom is -0.361 e. The van der Waals surface area contributed by atoms with Crippen LogP contribution in [0.25, 0.3) is 5.65 Å². The van der Waals surface area contributed by atoms with E-state index in [1.807, 2.05) is 24.3 Å². The second-order valence-corrected chi connectivity index (χ2v) is 10.4. The highest BCUT2D eigenvalue weighted by molar-refractivity contribution is 7.93. The first-order chi connectivity index (χ1) is 15.2. The Balaban J connectivity index is 1.64. The number of aromatic nitrogens is 2. The molecule has 2 aromatic heterocycles. The second kappa shape index (κ2) is 8.96. The molecule has 0 bridgehead atoms. The zero-order chi connectivity index (χ0) is 22.9. The fraction of sp³-hybridized carbons (Fsp3) is 0.304. The Hall–Kier alpha value is -2.84. The molecule has 1 fully saturated rings. The van der Waals surface area contributed by atoms with Gasteiger partial charge in [-0.1, -0.05) is 35.9 Å². The van der Waals surface area contributed by atoms with Crippen molar-refractivity contribution < 1.29 is 13.2 Å². The quantitative estimate of drug-likeness (QED) is 0.586. The van der Waals surface area contributed by atoms with Crippen LogP contribution in [0.1, 0.15) is 41.9 Å². The minimum atomic E-state index is -3.25. The van der Waals surface area contributed by atoms with Crippen LogP contribution in [0.15, 0.2) is 60.3 Å². The van der Waals surface area contributed by atoms with Crippen molar-refractivity contribution in [3.05, 3.63) is 76.6 Å². The zero-order valence-corrected chi connectivity index (χ0v) is 19.5. The van der Waals surface area contributed by atoms with E-state index >= 15 is 0 Å². The van der Waals surface area contributed by atoms with Gasteiger partial charge in [0.25, 0.3) is 5.91 Å². The molecule has 1 N–H and O–H groups in total. The highest BCUT2D eigenvalue weighted by Crippen LogP contribution is 2.40. The Labute approximate surface area is 192 Å². The molecule has 0 radical (unpaired) electrons. The predicted octanol–water partition coefficient (Wildman–Crippen LogP) is 4.01. The molecule has 7 nitrogen and oxygen atoms in total. The van der Waals surface area contributed by atoms with Crippen molar-refractivity contribution in [1.29, 1.82) is 0 Å². The van der Waals surface area contributed by atoms with Gasteiger partial charge >= 0.3 is 0 Å². The molecule has 0 saturated carbocycles. The van der Waals surface area contributed by atoms with Gasteiger partial charge in [0.05, 0.1) is 11.7 Å². The van der Waals surface area contributed by atoms with Crippen LogP contribution >= 0.6 is 11.6 Å². The summed E-state index contributed by atoms with van der Waals surface area (Å²) in [6.07, 6.45) is 8.01. The summed E-state index contributed by atoms with van der Waals surface area (Å²) in [5, 5.41) is 4.65. The molecule has 9 heteroatoms. The number of carbonyl (C=O) groups excluding carboxylic acids is 1. The fourth-order valence-corrected chi connectivity index (χ4v) is 4.91. The van der Waals surface area contributed by atoms with Gasteiger partial charge in [0.2, 0.25) is 0 Å². The second-order valence-electron chi connectivity index (χ2n) is 8.02. The van der Waals surface area contributed by atoms with E-state index in [-0.39, 0.29) is 11.9 Å². The van der Waals surface area contributed by atoms with Crippen LogP contribution in [0.5, 0.6) is 0 Å². The molecule has 0 spiro atoms. The van der Waals surface area contributed by atoms with Crippen LogP contribution in [0.2, 0.25) is 5.02 Å². The highest BCUT2D eigenvalue weighted by Gasteiger charge is 2.30. The molecule has 3 aromatic rings. The molecular formula is C23H25ClN4O3S. The van der Waals surface area contributed by atoms with Gasteiger partial charge in [0.15, 0.2) is 15.5 Å². The normalized spacial score (nSPS) is 17.8. The topological polar surface area (TPSA) is 83.8 Å². The fourth-order valence-electron chi connectivity index (χ4n) is 4.12. The van der Waals surface area contributed by atoms with E-state index in [2.05, 4.69) is 21.3 Å². The monoisotopic (exact) mass is 472 g/mol. The zero-order valence-electron chi connectivity index (χ0n) is 17.9. The molecule has 3 heterocycles. The number of nitrogens with zero attached hydrogens (tertiary/aromatic N) is 3. The van der Waals surface area contributed by atoms with Crippen LogP contribution in [0.4, 0.5) is 5.69 Å². The van der Waals surface area contributed by atoms with E-state index in [0.717, 1.165) is 47.3 Å². The summed E-state index contributed by atoms with van der Waals surface area (Å²) in [5.41, 5.74) is 3.15. The summed E-state index contributed by atoms with van der Waals surface area (Å²) in [6, 6.07) is 11.3. The standard InChI is InChI=1S/C23H25ClN4O3S/c1-16(11-15-32(2,30)31)26-23(29)21-10-9-20(22-25-12-14-28(21)22)27-13-5-8-19(27)17-6-3-4-7-18(17)24/h3-4,6-7,9-12,14-16,19H,5,8,13H2,1-2H3,(H,26,29)/b15-11+/t16-,19+/m1/s1. The number of hydrogen-bond donors (Lipinski definition) is 1. The molecule has 4 rings (SSSR count). The van der Waals surface area contributed by atoms with Crippen LogP contribution in [0, 0.1) is 0 Å². The van der Waals surface area contributed by atoms with Crippen LogP contribution in [-0.2, 0) is 9.84 Å². The number of imidazole rings is 1. The summed E-state index contributed by atoms with van der Waals surface area (Å²) >= 11 is 6.48. The van der Waals surface area contributed by atoms with E-state index in [1.54, 1.807) is 29.8 Å². The molecule has 1 aliphatic heterocycles. The summed E-state index contributed by atoms with van der Waals surface area (Å²) in [4.78, 5) is 19.7. The number of carbonyl (C=O) groups is 1. The summed E-state index contributed by atoms with van der Waals surface area (Å²) < 4.78 is 24.4. The first-order valence-electron chi connectivity index (χ1n) is 10.4. The Morgan fingerprint density at radius 3 is 2.81 bits per heavy atom. The lowest BCUT2D eigenvalue weighted by Crippen LogP contribution is -2.32. The molecule has 168 valence electrons. The van der Waals surface area contributed by atoms with E-state index in [9.17, 15) is 13.2 Å². The summed E-state index contributed by atoms with van der Waals surface area (Å²) in [6.45, 7) is 2.59. The lowest BCUT2D eigenvalue weighted by molar-refractivity contribution is 0.0940. The lowest BCUT2D eigenvalue weighted by Gasteiger charge is -2.28. The van der Waals surface area contributed by atoms with Gasteiger partial charge in [-0.15, -0.1) is 0 Å². The first-order valence-corrected chi connectivity index (χ1v) is 12.7. The molecule has 1 aromatic carbocycles. The van der Waals surface area contributed by atoms with Crippen molar-refractivity contribution in [2.24, 2.45) is 0 Å². The molecular weight excluding hydrogens is 448 g/mol. The van der Waals surface area contributed by atoms with Gasteiger partial charge in [-0.2, -0.15) is 0 Å². The van der Waals surface area contributed by atoms with Crippen LogP contribution in [-0.4, -0.2) is 42.6 Å². The number of fused-ring (bicyclic) bond motifs is 1. The average Bonchev–Trinajstić information content (AvgIpc) is 3.41. The number of rotatable bonds is 6. The van der Waals surface area contributed by atoms with E-state index in [4.69, 9.17) is 11.6 Å². The predicted molar refractivity (Wildman–Crippen MR) is 127 cm³/mol. The number of amides is 1. The van der Waals surface area contributed by atoms with Gasteiger partial charge in [0, 0.05) is 41.7 Å². The highest BCUT2D eigenvalue weighted by atomic mass is 35.5. The number of anilines is 1. The van der Waals surface area contributed by atoms with Crippen molar-refractivity contribution in [2.45, 2.75) is 31.8 Å². The van der Waals surface area contributed by atoms with E-state index in [0.29, 0.717) is 11.3 Å². The number of sulfone groups is 1. The maximum Gasteiger partial charge on any atom is 0.268 e. The number of halogens is 1. The van der Waals surface area contributed by atoms with Crippen molar-refractivity contribution in [3.8, 4) is 0 Å². The maximum absolute atomic E-state index is 12.9. The summed E-state index contributed by atoms with van der Waals surface area (Å²) in [5.74, 6) is -0.311. The molecule has 32 heavy (non-hydrogen) atoms. The molecule has 1 saturated heterocycles. The van der Waals surface area contributed by atoms with Gasteiger partial charge in [-0.05, 0) is 43.5 Å². The Morgan fingerprint density at radius 1 is 1.28 bits per heavy atom. The van der Waals surface area contributed by atoms with E-state index in [1.165, 1.54) is 6.08 Å². The number of pyridine rings is 1. The van der Waals surface area contributed by atoms with Crippen LogP contribution in [0.3, 0.4) is 0 Å². The first kappa shape index (κ1) is 22.4. The van der Waals surface area contributed by atoms with Crippen molar-refractivity contribution in [2.75, 3.05) is 17.7 Å². The third-order valence-electron chi connectivity index (χ3n) is 5.56. The largest absolute Gasteiger partial charge is 0.361 e. The smallest absolute Gasteiger partial charge is 0.268 e. The molecule has 1 amide bonds. The van der Waals surface area contributed by atoms with Gasteiger partial charge in [-0.25, -0.2) is 13.4 Å². The SMILES string of the molecule is C[C@H](/C=C/S(C)(=O)=O)NC(=O)c1ccc(N2CCC[C@H]2c2ccccc2Cl)c2nccn12. The third kappa shape index (κ3) is 4.66. The maximum atomic E-state index is 12.9. The lowest BCUT2D eigenvalue weighted by atomic mass is 10.0. The molecule has 1 aliphatic rings. The number of benzene rings is 1. The average molecular weight is 473 g/mol. The third-order valence-corrected chi connectivity index (χ3v) is 6.56. The number of nitrogens with one attached hydrogen (secondary N) is 1. The van der Waals surface area contributed by atoms with Crippen molar-refractivity contribution in [1.82, 2.24) is 14.7 Å². The van der Waals surface area contributed by atoms with E-state index < -0.39 is 15.9 Å². The Bertz CT molecular complexity index is 1290. The van der Waals surface area contributed by atoms with Gasteiger partial charge in [-0.3, -0.25) is 9.20 Å². The van der Waals surface area contributed by atoms with Crippen molar-refractivity contribution >= 4 is 38.7 Å². The molecule has 0 aliphatic carbocycles. The van der Waals surface area contributed by atoms with Gasteiger partial charge < -0.3 is 10.2 Å². The summed E-state index contributed by atoms with van der Waals surface area (Å²) in [7, 11) is -3.25. The number of hydrogen-bond acceptors (Lipinski definition) is 5. The Morgan fingerprint density at radius 2 is 2.06 bits per heavy atom. The van der Waals surface area contributed by atoms with Crippen molar-refractivity contribution in [3.63, 3.8) is 0 Å². The van der Waals surface area contributed by atoms with Crippen LogP contribution < -0.4 is 10.2 Å². The Kier molecular flexibility index (Phi) is 6.26. The molecule has 0 unspecified atom stereocenters. The van der Waals surface area contributed by atoms with Gasteiger partial charge in [0.1, 0.15) is 5.69 Å².